The number of halogens is 2. The second-order valence-electron chi connectivity index (χ2n) is 2.83. The molecule has 0 aliphatic heterocycles. The number of aromatic nitrogens is 1. The van der Waals surface area contributed by atoms with Crippen LogP contribution in [-0.2, 0) is 9.53 Å². The molecule has 0 aliphatic rings. The molecule has 0 saturated heterocycles. The van der Waals surface area contributed by atoms with Gasteiger partial charge in [0.2, 0.25) is 0 Å². The first-order valence-electron chi connectivity index (χ1n) is 4.47. The van der Waals surface area contributed by atoms with Gasteiger partial charge in [0.25, 0.3) is 0 Å². The standard InChI is InChI=1S/C10H8BrClN2O2/c1-2-16-10(15)7(4-13)9-8(12)3-6(11)5-14-9/h3,5,7H,2H2,1H3/t7-/m1/s1. The Morgan fingerprint density at radius 3 is 3.00 bits per heavy atom. The highest BCUT2D eigenvalue weighted by Gasteiger charge is 2.25. The lowest BCUT2D eigenvalue weighted by atomic mass is 10.1. The van der Waals surface area contributed by atoms with Crippen LogP contribution in [0.25, 0.3) is 0 Å². The van der Waals surface area contributed by atoms with E-state index in [0.717, 1.165) is 0 Å². The van der Waals surface area contributed by atoms with Crippen molar-refractivity contribution in [2.45, 2.75) is 12.8 Å². The molecule has 16 heavy (non-hydrogen) atoms. The molecule has 0 N–H and O–H groups in total. The van der Waals surface area contributed by atoms with Crippen molar-refractivity contribution in [2.75, 3.05) is 6.61 Å². The Morgan fingerprint density at radius 1 is 1.81 bits per heavy atom. The van der Waals surface area contributed by atoms with Gasteiger partial charge in [0.15, 0.2) is 5.92 Å². The molecule has 0 saturated carbocycles. The van der Waals surface area contributed by atoms with Gasteiger partial charge in [-0.3, -0.25) is 9.78 Å². The molecule has 0 aliphatic carbocycles. The summed E-state index contributed by atoms with van der Waals surface area (Å²) in [6.45, 7) is 1.88. The van der Waals surface area contributed by atoms with Crippen molar-refractivity contribution in [2.24, 2.45) is 0 Å². The quantitative estimate of drug-likeness (QED) is 0.805. The van der Waals surface area contributed by atoms with Crippen LogP contribution < -0.4 is 0 Å². The zero-order valence-corrected chi connectivity index (χ0v) is 10.7. The van der Waals surface area contributed by atoms with Crippen LogP contribution in [0.15, 0.2) is 16.7 Å². The molecule has 0 amide bonds. The number of esters is 1. The average molecular weight is 304 g/mol. The third-order valence-corrected chi connectivity index (χ3v) is 2.50. The maximum atomic E-state index is 11.5. The molecular weight excluding hydrogens is 295 g/mol. The molecule has 1 heterocycles. The molecule has 0 fully saturated rings. The summed E-state index contributed by atoms with van der Waals surface area (Å²) in [7, 11) is 0. The van der Waals surface area contributed by atoms with Crippen molar-refractivity contribution < 1.29 is 9.53 Å². The number of pyridine rings is 1. The van der Waals surface area contributed by atoms with Crippen molar-refractivity contribution in [1.82, 2.24) is 4.98 Å². The maximum absolute atomic E-state index is 11.5. The minimum absolute atomic E-state index is 0.213. The summed E-state index contributed by atoms with van der Waals surface area (Å²) < 4.78 is 5.44. The summed E-state index contributed by atoms with van der Waals surface area (Å²) in [5, 5.41) is 9.17. The maximum Gasteiger partial charge on any atom is 0.329 e. The van der Waals surface area contributed by atoms with Crippen LogP contribution in [0.2, 0.25) is 5.02 Å². The average Bonchev–Trinajstić information content (AvgIpc) is 2.22. The van der Waals surface area contributed by atoms with Gasteiger partial charge in [-0.1, -0.05) is 11.6 Å². The number of ether oxygens (including phenoxy) is 1. The predicted octanol–water partition coefficient (Wildman–Crippen LogP) is 2.67. The lowest BCUT2D eigenvalue weighted by Gasteiger charge is -2.09. The Kier molecular flexibility index (Phi) is 4.71. The second kappa shape index (κ2) is 5.83. The van der Waals surface area contributed by atoms with Gasteiger partial charge in [-0.05, 0) is 28.9 Å². The predicted molar refractivity (Wildman–Crippen MR) is 61.9 cm³/mol. The molecule has 1 aromatic heterocycles. The van der Waals surface area contributed by atoms with Crippen LogP contribution in [0.4, 0.5) is 0 Å². The van der Waals surface area contributed by atoms with E-state index in [9.17, 15) is 4.79 Å². The topological polar surface area (TPSA) is 63.0 Å². The zero-order chi connectivity index (χ0) is 12.1. The van der Waals surface area contributed by atoms with Crippen LogP contribution in [0.1, 0.15) is 18.5 Å². The van der Waals surface area contributed by atoms with E-state index in [0.29, 0.717) is 4.47 Å². The second-order valence-corrected chi connectivity index (χ2v) is 4.16. The zero-order valence-electron chi connectivity index (χ0n) is 8.41. The lowest BCUT2D eigenvalue weighted by molar-refractivity contribution is -0.143. The SMILES string of the molecule is CCOC(=O)[C@H](C#N)c1ncc(Br)cc1Cl. The molecule has 84 valence electrons. The van der Waals surface area contributed by atoms with E-state index in [1.54, 1.807) is 13.0 Å². The van der Waals surface area contributed by atoms with Crippen LogP contribution in [0.5, 0.6) is 0 Å². The van der Waals surface area contributed by atoms with Crippen molar-refractivity contribution in [1.29, 1.82) is 5.26 Å². The molecule has 0 spiro atoms. The van der Waals surface area contributed by atoms with E-state index >= 15 is 0 Å². The fraction of sp³-hybridized carbons (Fsp3) is 0.300. The van der Waals surface area contributed by atoms with Crippen molar-refractivity contribution >= 4 is 33.5 Å². The number of nitrogens with zero attached hydrogens (tertiary/aromatic N) is 2. The van der Waals surface area contributed by atoms with E-state index in [2.05, 4.69) is 20.9 Å². The van der Waals surface area contributed by atoms with E-state index < -0.39 is 11.9 Å². The number of nitriles is 1. The Labute approximate surface area is 106 Å². The largest absolute Gasteiger partial charge is 0.465 e. The molecule has 4 nitrogen and oxygen atoms in total. The van der Waals surface area contributed by atoms with Gasteiger partial charge in [-0.15, -0.1) is 0 Å². The molecule has 6 heteroatoms. The molecule has 1 rings (SSSR count). The van der Waals surface area contributed by atoms with E-state index in [1.165, 1.54) is 6.20 Å². The molecule has 0 radical (unpaired) electrons. The van der Waals surface area contributed by atoms with Gasteiger partial charge in [-0.2, -0.15) is 5.26 Å². The Balaban J connectivity index is 3.05. The Hall–Kier alpha value is -1.12. The fourth-order valence-electron chi connectivity index (χ4n) is 1.09. The monoisotopic (exact) mass is 302 g/mol. The molecule has 0 aromatic carbocycles. The third kappa shape index (κ3) is 2.94. The first-order chi connectivity index (χ1) is 7.60. The van der Waals surface area contributed by atoms with E-state index in [4.69, 9.17) is 21.6 Å². The van der Waals surface area contributed by atoms with Gasteiger partial charge < -0.3 is 4.74 Å². The summed E-state index contributed by atoms with van der Waals surface area (Å²) in [6, 6.07) is 3.40. The van der Waals surface area contributed by atoms with Crippen molar-refractivity contribution in [3.8, 4) is 6.07 Å². The van der Waals surface area contributed by atoms with Crippen molar-refractivity contribution in [3.05, 3.63) is 27.5 Å². The smallest absolute Gasteiger partial charge is 0.329 e. The summed E-state index contributed by atoms with van der Waals surface area (Å²) in [5.41, 5.74) is 0.214. The van der Waals surface area contributed by atoms with Gasteiger partial charge in [0.05, 0.1) is 23.4 Å². The Bertz CT molecular complexity index is 445. The minimum Gasteiger partial charge on any atom is -0.465 e. The van der Waals surface area contributed by atoms with Gasteiger partial charge in [-0.25, -0.2) is 0 Å². The minimum atomic E-state index is -1.08. The number of carbonyl (C=O) groups excluding carboxylic acids is 1. The highest BCUT2D eigenvalue weighted by molar-refractivity contribution is 9.10. The molecular formula is C10H8BrClN2O2. The fourth-order valence-corrected chi connectivity index (χ4v) is 1.83. The van der Waals surface area contributed by atoms with Crippen LogP contribution in [-0.4, -0.2) is 17.6 Å². The van der Waals surface area contributed by atoms with Crippen LogP contribution in [0, 0.1) is 11.3 Å². The van der Waals surface area contributed by atoms with Gasteiger partial charge in [0.1, 0.15) is 0 Å². The van der Waals surface area contributed by atoms with Gasteiger partial charge in [0, 0.05) is 10.7 Å². The van der Waals surface area contributed by atoms with Gasteiger partial charge >= 0.3 is 5.97 Å². The normalized spacial score (nSPS) is 11.6. The van der Waals surface area contributed by atoms with E-state index in [1.807, 2.05) is 6.07 Å². The summed E-state index contributed by atoms with van der Waals surface area (Å²) >= 11 is 9.08. The molecule has 0 unspecified atom stereocenters. The van der Waals surface area contributed by atoms with Crippen LogP contribution in [0.3, 0.4) is 0 Å². The molecule has 0 bridgehead atoms. The molecule has 1 aromatic rings. The lowest BCUT2D eigenvalue weighted by Crippen LogP contribution is -2.16. The number of hydrogen-bond acceptors (Lipinski definition) is 4. The highest BCUT2D eigenvalue weighted by atomic mass is 79.9. The summed E-state index contributed by atoms with van der Waals surface area (Å²) in [4.78, 5) is 15.4. The van der Waals surface area contributed by atoms with E-state index in [-0.39, 0.29) is 17.3 Å². The van der Waals surface area contributed by atoms with Crippen LogP contribution >= 0.6 is 27.5 Å². The summed E-state index contributed by atoms with van der Waals surface area (Å²) in [6.07, 6.45) is 1.48. The third-order valence-electron chi connectivity index (χ3n) is 1.76. The highest BCUT2D eigenvalue weighted by Crippen LogP contribution is 2.25. The molecule has 1 atom stereocenters. The first kappa shape index (κ1) is 12.9. The first-order valence-corrected chi connectivity index (χ1v) is 5.64. The number of rotatable bonds is 3. The number of carbonyl (C=O) groups is 1. The summed E-state index contributed by atoms with van der Waals surface area (Å²) in [5.74, 6) is -1.72. The number of hydrogen-bond donors (Lipinski definition) is 0. The Morgan fingerprint density at radius 2 is 2.50 bits per heavy atom. The van der Waals surface area contributed by atoms with Crippen molar-refractivity contribution in [3.63, 3.8) is 0 Å².